The van der Waals surface area contributed by atoms with E-state index < -0.39 is 0 Å². The molecular formula is C16H22N2OS. The van der Waals surface area contributed by atoms with E-state index in [1.807, 2.05) is 17.6 Å². The molecule has 2 aromatic rings. The molecule has 0 fully saturated rings. The maximum Gasteiger partial charge on any atom is 0.119 e. The van der Waals surface area contributed by atoms with Gasteiger partial charge in [0.25, 0.3) is 0 Å². The molecule has 1 unspecified atom stereocenters. The molecule has 1 N–H and O–H groups in total. The minimum atomic E-state index is 0.215. The zero-order chi connectivity index (χ0) is 14.4. The van der Waals surface area contributed by atoms with Crippen molar-refractivity contribution in [3.63, 3.8) is 0 Å². The monoisotopic (exact) mass is 290 g/mol. The van der Waals surface area contributed by atoms with Crippen LogP contribution in [0.3, 0.4) is 0 Å². The van der Waals surface area contributed by atoms with E-state index in [9.17, 15) is 0 Å². The molecule has 0 saturated carbocycles. The summed E-state index contributed by atoms with van der Waals surface area (Å²) in [6, 6.07) is 8.58. The fourth-order valence-electron chi connectivity index (χ4n) is 2.13. The molecule has 0 amide bonds. The van der Waals surface area contributed by atoms with Crippen LogP contribution in [0, 0.1) is 6.92 Å². The lowest BCUT2D eigenvalue weighted by Gasteiger charge is -2.18. The van der Waals surface area contributed by atoms with Crippen molar-refractivity contribution in [1.29, 1.82) is 0 Å². The lowest BCUT2D eigenvalue weighted by atomic mass is 10.0. The third-order valence-electron chi connectivity index (χ3n) is 3.14. The van der Waals surface area contributed by atoms with E-state index in [4.69, 9.17) is 4.74 Å². The first-order valence-electron chi connectivity index (χ1n) is 7.12. The number of nitrogens with one attached hydrogen (secondary N) is 1. The van der Waals surface area contributed by atoms with Gasteiger partial charge in [0.2, 0.25) is 0 Å². The van der Waals surface area contributed by atoms with Gasteiger partial charge in [0.15, 0.2) is 0 Å². The highest BCUT2D eigenvalue weighted by molar-refractivity contribution is 7.09. The number of hydrogen-bond donors (Lipinski definition) is 1. The van der Waals surface area contributed by atoms with Crippen LogP contribution >= 0.6 is 11.3 Å². The van der Waals surface area contributed by atoms with Crippen LogP contribution in [0.4, 0.5) is 0 Å². The Morgan fingerprint density at radius 2 is 2.00 bits per heavy atom. The standard InChI is InChI=1S/C16H22N2OS/c1-4-10-19-14-8-6-13(7-9-14)15(17-5-2)16-12(3)18-11-20-16/h6-9,11,15,17H,4-5,10H2,1-3H3. The first kappa shape index (κ1) is 15.0. The molecule has 20 heavy (non-hydrogen) atoms. The zero-order valence-electron chi connectivity index (χ0n) is 12.3. The molecule has 0 radical (unpaired) electrons. The highest BCUT2D eigenvalue weighted by Crippen LogP contribution is 2.29. The third-order valence-corrected chi connectivity index (χ3v) is 4.14. The molecule has 1 aromatic carbocycles. The molecule has 1 atom stereocenters. The van der Waals surface area contributed by atoms with E-state index in [1.54, 1.807) is 11.3 Å². The molecule has 0 aliphatic rings. The van der Waals surface area contributed by atoms with Crippen molar-refractivity contribution < 1.29 is 4.74 Å². The van der Waals surface area contributed by atoms with E-state index in [1.165, 1.54) is 10.4 Å². The van der Waals surface area contributed by atoms with Crippen LogP contribution in [-0.4, -0.2) is 18.1 Å². The summed E-state index contributed by atoms with van der Waals surface area (Å²) in [5.41, 5.74) is 4.27. The number of hydrogen-bond acceptors (Lipinski definition) is 4. The van der Waals surface area contributed by atoms with E-state index in [0.717, 1.165) is 31.0 Å². The predicted molar refractivity (Wildman–Crippen MR) is 84.6 cm³/mol. The van der Waals surface area contributed by atoms with Crippen LogP contribution < -0.4 is 10.1 Å². The summed E-state index contributed by atoms with van der Waals surface area (Å²) in [7, 11) is 0. The molecule has 108 valence electrons. The van der Waals surface area contributed by atoms with Crippen LogP contribution in [0.25, 0.3) is 0 Å². The Kier molecular flexibility index (Phi) is 5.56. The summed E-state index contributed by atoms with van der Waals surface area (Å²) in [6.45, 7) is 8.00. The molecule has 0 aliphatic carbocycles. The van der Waals surface area contributed by atoms with Crippen LogP contribution in [0.2, 0.25) is 0 Å². The van der Waals surface area contributed by atoms with Gasteiger partial charge < -0.3 is 10.1 Å². The molecule has 3 nitrogen and oxygen atoms in total. The van der Waals surface area contributed by atoms with Gasteiger partial charge in [-0.15, -0.1) is 11.3 Å². The molecule has 1 aromatic heterocycles. The van der Waals surface area contributed by atoms with Crippen molar-refractivity contribution in [2.45, 2.75) is 33.2 Å². The number of thiazole rings is 1. The van der Waals surface area contributed by atoms with E-state index in [-0.39, 0.29) is 6.04 Å². The van der Waals surface area contributed by atoms with Crippen molar-refractivity contribution in [2.75, 3.05) is 13.2 Å². The number of aryl methyl sites for hydroxylation is 1. The van der Waals surface area contributed by atoms with Gasteiger partial charge in [-0.1, -0.05) is 26.0 Å². The van der Waals surface area contributed by atoms with E-state index in [0.29, 0.717) is 0 Å². The molecule has 4 heteroatoms. The van der Waals surface area contributed by atoms with E-state index in [2.05, 4.69) is 43.2 Å². The Morgan fingerprint density at radius 3 is 2.55 bits per heavy atom. The van der Waals surface area contributed by atoms with Gasteiger partial charge in [-0.3, -0.25) is 0 Å². The molecule has 0 spiro atoms. The second kappa shape index (κ2) is 7.41. The van der Waals surface area contributed by atoms with Gasteiger partial charge >= 0.3 is 0 Å². The summed E-state index contributed by atoms with van der Waals surface area (Å²) in [6.07, 6.45) is 1.03. The van der Waals surface area contributed by atoms with Crippen LogP contribution in [0.1, 0.15) is 42.4 Å². The summed E-state index contributed by atoms with van der Waals surface area (Å²) in [5.74, 6) is 0.937. The third kappa shape index (κ3) is 3.58. The van der Waals surface area contributed by atoms with Crippen molar-refractivity contribution >= 4 is 11.3 Å². The molecule has 1 heterocycles. The number of rotatable bonds is 7. The number of nitrogens with zero attached hydrogens (tertiary/aromatic N) is 1. The Hall–Kier alpha value is -1.39. The number of benzene rings is 1. The second-order valence-corrected chi connectivity index (χ2v) is 5.60. The van der Waals surface area contributed by atoms with Gasteiger partial charge in [-0.05, 0) is 37.6 Å². The van der Waals surface area contributed by atoms with Gasteiger partial charge in [0.05, 0.1) is 23.9 Å². The zero-order valence-corrected chi connectivity index (χ0v) is 13.2. The Balaban J connectivity index is 2.19. The molecular weight excluding hydrogens is 268 g/mol. The van der Waals surface area contributed by atoms with Gasteiger partial charge in [0.1, 0.15) is 5.75 Å². The van der Waals surface area contributed by atoms with Gasteiger partial charge in [0, 0.05) is 4.88 Å². The van der Waals surface area contributed by atoms with Gasteiger partial charge in [-0.25, -0.2) is 4.98 Å². The maximum atomic E-state index is 5.63. The lowest BCUT2D eigenvalue weighted by molar-refractivity contribution is 0.317. The Morgan fingerprint density at radius 1 is 1.25 bits per heavy atom. The Bertz CT molecular complexity index is 522. The maximum absolute atomic E-state index is 5.63. The first-order chi connectivity index (χ1) is 9.76. The summed E-state index contributed by atoms with van der Waals surface area (Å²) >= 11 is 1.71. The average molecular weight is 290 g/mol. The highest BCUT2D eigenvalue weighted by Gasteiger charge is 2.17. The smallest absolute Gasteiger partial charge is 0.119 e. The van der Waals surface area contributed by atoms with Crippen molar-refractivity contribution in [3.05, 3.63) is 45.9 Å². The topological polar surface area (TPSA) is 34.1 Å². The fraction of sp³-hybridized carbons (Fsp3) is 0.438. The number of aromatic nitrogens is 1. The normalized spacial score (nSPS) is 12.3. The van der Waals surface area contributed by atoms with Crippen LogP contribution in [-0.2, 0) is 0 Å². The minimum Gasteiger partial charge on any atom is -0.494 e. The summed E-state index contributed by atoms with van der Waals surface area (Å²) in [5, 5.41) is 3.53. The largest absolute Gasteiger partial charge is 0.494 e. The van der Waals surface area contributed by atoms with Crippen LogP contribution in [0.15, 0.2) is 29.8 Å². The van der Waals surface area contributed by atoms with Crippen LogP contribution in [0.5, 0.6) is 5.75 Å². The lowest BCUT2D eigenvalue weighted by Crippen LogP contribution is -2.21. The number of ether oxygens (including phenoxy) is 1. The van der Waals surface area contributed by atoms with E-state index >= 15 is 0 Å². The molecule has 0 saturated heterocycles. The SMILES string of the molecule is CCCOc1ccc(C(NCC)c2scnc2C)cc1. The van der Waals surface area contributed by atoms with Gasteiger partial charge in [-0.2, -0.15) is 0 Å². The van der Waals surface area contributed by atoms with Crippen molar-refractivity contribution in [1.82, 2.24) is 10.3 Å². The highest BCUT2D eigenvalue weighted by atomic mass is 32.1. The first-order valence-corrected chi connectivity index (χ1v) is 8.00. The molecule has 0 aliphatic heterocycles. The fourth-order valence-corrected chi connectivity index (χ4v) is 3.03. The minimum absolute atomic E-state index is 0.215. The van der Waals surface area contributed by atoms with Crippen molar-refractivity contribution in [3.8, 4) is 5.75 Å². The predicted octanol–water partition coefficient (Wildman–Crippen LogP) is 3.94. The summed E-state index contributed by atoms with van der Waals surface area (Å²) in [4.78, 5) is 5.64. The second-order valence-electron chi connectivity index (χ2n) is 4.71. The Labute approximate surface area is 125 Å². The average Bonchev–Trinajstić information content (AvgIpc) is 2.89. The quantitative estimate of drug-likeness (QED) is 0.838. The molecule has 0 bridgehead atoms. The summed E-state index contributed by atoms with van der Waals surface area (Å²) < 4.78 is 5.63. The van der Waals surface area contributed by atoms with Crippen molar-refractivity contribution in [2.24, 2.45) is 0 Å². The molecule has 2 rings (SSSR count).